The summed E-state index contributed by atoms with van der Waals surface area (Å²) < 4.78 is 5.20. The molecule has 1 rings (SSSR count). The van der Waals surface area contributed by atoms with Crippen molar-refractivity contribution in [1.82, 2.24) is 0 Å². The summed E-state index contributed by atoms with van der Waals surface area (Å²) in [6, 6.07) is 5.72. The Morgan fingerprint density at radius 1 is 1.33 bits per heavy atom. The van der Waals surface area contributed by atoms with Crippen molar-refractivity contribution in [3.05, 3.63) is 28.8 Å². The topological polar surface area (TPSA) is 9.23 Å². The molecule has 0 fully saturated rings. The van der Waals surface area contributed by atoms with Crippen LogP contribution in [-0.2, 0) is 0 Å². The molecule has 12 heavy (non-hydrogen) atoms. The van der Waals surface area contributed by atoms with Crippen LogP contribution in [0.4, 0.5) is 0 Å². The molecule has 0 N–H and O–H groups in total. The molecule has 0 atom stereocenters. The van der Waals surface area contributed by atoms with E-state index < -0.39 is 0 Å². The summed E-state index contributed by atoms with van der Waals surface area (Å²) in [6.45, 7) is 4.20. The summed E-state index contributed by atoms with van der Waals surface area (Å²) in [4.78, 5) is 0. The lowest BCUT2D eigenvalue weighted by Crippen LogP contribution is -1.94. The van der Waals surface area contributed by atoms with Crippen molar-refractivity contribution in [2.45, 2.75) is 19.8 Å². The van der Waals surface area contributed by atoms with Gasteiger partial charge in [-0.15, -0.1) is 0 Å². The monoisotopic (exact) mass is 184 g/mol. The third-order valence-electron chi connectivity index (χ3n) is 1.81. The van der Waals surface area contributed by atoms with Crippen LogP contribution in [-0.4, -0.2) is 7.11 Å². The van der Waals surface area contributed by atoms with Crippen LogP contribution in [0.25, 0.3) is 0 Å². The Balaban J connectivity index is 3.20. The fourth-order valence-electron chi connectivity index (χ4n) is 1.26. The van der Waals surface area contributed by atoms with E-state index in [4.69, 9.17) is 16.3 Å². The lowest BCUT2D eigenvalue weighted by Gasteiger charge is -2.12. The fraction of sp³-hybridized carbons (Fsp3) is 0.400. The van der Waals surface area contributed by atoms with Gasteiger partial charge in [0.2, 0.25) is 0 Å². The van der Waals surface area contributed by atoms with Gasteiger partial charge in [0, 0.05) is 10.6 Å². The Morgan fingerprint density at radius 3 is 2.42 bits per heavy atom. The lowest BCUT2D eigenvalue weighted by molar-refractivity contribution is 0.407. The molecule has 0 aliphatic heterocycles. The molecule has 0 heterocycles. The SMILES string of the molecule is COc1cccc(Cl)c1C(C)C. The highest BCUT2D eigenvalue weighted by Crippen LogP contribution is 2.32. The highest BCUT2D eigenvalue weighted by atomic mass is 35.5. The van der Waals surface area contributed by atoms with Gasteiger partial charge in [0.05, 0.1) is 7.11 Å². The quantitative estimate of drug-likeness (QED) is 0.684. The maximum absolute atomic E-state index is 6.02. The van der Waals surface area contributed by atoms with Crippen molar-refractivity contribution in [1.29, 1.82) is 0 Å². The third-order valence-corrected chi connectivity index (χ3v) is 2.14. The van der Waals surface area contributed by atoms with E-state index in [0.717, 1.165) is 16.3 Å². The molecule has 0 radical (unpaired) electrons. The van der Waals surface area contributed by atoms with E-state index in [1.807, 2.05) is 18.2 Å². The Hall–Kier alpha value is -0.690. The smallest absolute Gasteiger partial charge is 0.123 e. The average molecular weight is 185 g/mol. The summed E-state index contributed by atoms with van der Waals surface area (Å²) in [5, 5.41) is 0.782. The zero-order valence-corrected chi connectivity index (χ0v) is 8.35. The van der Waals surface area contributed by atoms with Gasteiger partial charge in [-0.05, 0) is 18.1 Å². The molecule has 0 saturated heterocycles. The largest absolute Gasteiger partial charge is 0.496 e. The molecule has 1 aromatic carbocycles. The summed E-state index contributed by atoms with van der Waals surface area (Å²) in [7, 11) is 1.66. The van der Waals surface area contributed by atoms with E-state index in [2.05, 4.69) is 13.8 Å². The van der Waals surface area contributed by atoms with Crippen molar-refractivity contribution < 1.29 is 4.74 Å². The minimum Gasteiger partial charge on any atom is -0.496 e. The van der Waals surface area contributed by atoms with Gasteiger partial charge in [0.15, 0.2) is 0 Å². The number of halogens is 1. The summed E-state index contributed by atoms with van der Waals surface area (Å²) in [5.41, 5.74) is 1.08. The lowest BCUT2D eigenvalue weighted by atomic mass is 10.0. The third kappa shape index (κ3) is 1.72. The van der Waals surface area contributed by atoms with E-state index in [1.54, 1.807) is 7.11 Å². The molecule has 1 nitrogen and oxygen atoms in total. The van der Waals surface area contributed by atoms with Crippen LogP contribution in [0.1, 0.15) is 25.3 Å². The second kappa shape index (κ2) is 3.81. The Kier molecular flexibility index (Phi) is 2.99. The van der Waals surface area contributed by atoms with Crippen LogP contribution in [0.5, 0.6) is 5.75 Å². The van der Waals surface area contributed by atoms with Crippen LogP contribution in [0, 0.1) is 0 Å². The first-order valence-corrected chi connectivity index (χ1v) is 4.37. The molecule has 0 aromatic heterocycles. The Bertz CT molecular complexity index is 269. The molecule has 0 bridgehead atoms. The van der Waals surface area contributed by atoms with Gasteiger partial charge in [0.1, 0.15) is 5.75 Å². The van der Waals surface area contributed by atoms with Gasteiger partial charge in [-0.25, -0.2) is 0 Å². The summed E-state index contributed by atoms with van der Waals surface area (Å²) in [5.74, 6) is 1.27. The first-order chi connectivity index (χ1) is 5.66. The first kappa shape index (κ1) is 9.40. The minimum absolute atomic E-state index is 0.397. The number of hydrogen-bond acceptors (Lipinski definition) is 1. The van der Waals surface area contributed by atoms with Crippen LogP contribution in [0.15, 0.2) is 18.2 Å². The fourth-order valence-corrected chi connectivity index (χ4v) is 1.64. The molecule has 66 valence electrons. The van der Waals surface area contributed by atoms with E-state index >= 15 is 0 Å². The molecule has 1 aromatic rings. The number of ether oxygens (including phenoxy) is 1. The predicted molar refractivity (Wildman–Crippen MR) is 52.1 cm³/mol. The Labute approximate surface area is 78.3 Å². The van der Waals surface area contributed by atoms with Crippen LogP contribution >= 0.6 is 11.6 Å². The normalized spacial score (nSPS) is 10.4. The zero-order chi connectivity index (χ0) is 9.14. The van der Waals surface area contributed by atoms with E-state index in [1.165, 1.54) is 0 Å². The number of benzene rings is 1. The second-order valence-electron chi connectivity index (χ2n) is 3.01. The molecule has 0 saturated carbocycles. The Morgan fingerprint density at radius 2 is 2.00 bits per heavy atom. The predicted octanol–water partition coefficient (Wildman–Crippen LogP) is 3.47. The maximum Gasteiger partial charge on any atom is 0.123 e. The molecule has 0 amide bonds. The van der Waals surface area contributed by atoms with Gasteiger partial charge in [-0.1, -0.05) is 31.5 Å². The second-order valence-corrected chi connectivity index (χ2v) is 3.42. The molecule has 2 heteroatoms. The van der Waals surface area contributed by atoms with Crippen LogP contribution in [0.3, 0.4) is 0 Å². The number of hydrogen-bond donors (Lipinski definition) is 0. The molecule has 0 aliphatic rings. The average Bonchev–Trinajstić information content (AvgIpc) is 2.03. The van der Waals surface area contributed by atoms with Crippen molar-refractivity contribution in [2.24, 2.45) is 0 Å². The van der Waals surface area contributed by atoms with Crippen molar-refractivity contribution >= 4 is 11.6 Å². The van der Waals surface area contributed by atoms with E-state index in [9.17, 15) is 0 Å². The van der Waals surface area contributed by atoms with Gasteiger partial charge >= 0.3 is 0 Å². The van der Waals surface area contributed by atoms with Gasteiger partial charge in [-0.3, -0.25) is 0 Å². The molecular weight excluding hydrogens is 172 g/mol. The highest BCUT2D eigenvalue weighted by molar-refractivity contribution is 6.31. The molecular formula is C10H13ClO. The maximum atomic E-state index is 6.02. The number of methoxy groups -OCH3 is 1. The molecule has 0 unspecified atom stereocenters. The van der Waals surface area contributed by atoms with Crippen LogP contribution in [0.2, 0.25) is 5.02 Å². The van der Waals surface area contributed by atoms with Gasteiger partial charge < -0.3 is 4.74 Å². The van der Waals surface area contributed by atoms with Crippen LogP contribution < -0.4 is 4.74 Å². The van der Waals surface area contributed by atoms with Gasteiger partial charge in [0.25, 0.3) is 0 Å². The summed E-state index contributed by atoms with van der Waals surface area (Å²) in [6.07, 6.45) is 0. The highest BCUT2D eigenvalue weighted by Gasteiger charge is 2.10. The van der Waals surface area contributed by atoms with Crippen molar-refractivity contribution in [3.8, 4) is 5.75 Å². The van der Waals surface area contributed by atoms with E-state index in [-0.39, 0.29) is 0 Å². The molecule has 0 aliphatic carbocycles. The zero-order valence-electron chi connectivity index (χ0n) is 7.60. The standard InChI is InChI=1S/C10H13ClO/c1-7(2)10-8(11)5-4-6-9(10)12-3/h4-7H,1-3H3. The molecule has 0 spiro atoms. The minimum atomic E-state index is 0.397. The first-order valence-electron chi connectivity index (χ1n) is 3.99. The van der Waals surface area contributed by atoms with Crippen molar-refractivity contribution in [2.75, 3.05) is 7.11 Å². The number of rotatable bonds is 2. The van der Waals surface area contributed by atoms with Crippen molar-refractivity contribution in [3.63, 3.8) is 0 Å². The van der Waals surface area contributed by atoms with Gasteiger partial charge in [-0.2, -0.15) is 0 Å². The van der Waals surface area contributed by atoms with E-state index in [0.29, 0.717) is 5.92 Å². The summed E-state index contributed by atoms with van der Waals surface area (Å²) >= 11 is 6.02.